The maximum atomic E-state index is 11.7. The van der Waals surface area contributed by atoms with Gasteiger partial charge in [-0.2, -0.15) is 0 Å². The predicted molar refractivity (Wildman–Crippen MR) is 63.6 cm³/mol. The van der Waals surface area contributed by atoms with E-state index < -0.39 is 5.54 Å². The van der Waals surface area contributed by atoms with Gasteiger partial charge in [-0.25, -0.2) is 0 Å². The molecule has 0 aromatic heterocycles. The standard InChI is InChI=1S/C11H25N3O/c1-8(2)9(7-14(5)6)13-10(15)11(3,4)12/h8-9H,7,12H2,1-6H3,(H,13,15). The van der Waals surface area contributed by atoms with E-state index in [1.807, 2.05) is 14.1 Å². The summed E-state index contributed by atoms with van der Waals surface area (Å²) in [6.45, 7) is 8.46. The van der Waals surface area contributed by atoms with Crippen LogP contribution in [0.5, 0.6) is 0 Å². The second-order valence-electron chi connectivity index (χ2n) is 5.31. The lowest BCUT2D eigenvalue weighted by Crippen LogP contribution is -2.55. The van der Waals surface area contributed by atoms with E-state index in [0.717, 1.165) is 6.54 Å². The topological polar surface area (TPSA) is 58.4 Å². The molecule has 1 atom stereocenters. The highest BCUT2D eigenvalue weighted by Gasteiger charge is 2.25. The molecule has 0 aromatic rings. The van der Waals surface area contributed by atoms with Crippen molar-refractivity contribution in [1.82, 2.24) is 10.2 Å². The van der Waals surface area contributed by atoms with Crippen molar-refractivity contribution in [1.29, 1.82) is 0 Å². The maximum absolute atomic E-state index is 11.7. The van der Waals surface area contributed by atoms with E-state index >= 15 is 0 Å². The highest BCUT2D eigenvalue weighted by atomic mass is 16.2. The number of nitrogens with one attached hydrogen (secondary N) is 1. The number of hydrogen-bond donors (Lipinski definition) is 2. The van der Waals surface area contributed by atoms with Crippen LogP contribution in [0, 0.1) is 5.92 Å². The Morgan fingerprint density at radius 1 is 1.40 bits per heavy atom. The van der Waals surface area contributed by atoms with Crippen LogP contribution in [0.2, 0.25) is 0 Å². The van der Waals surface area contributed by atoms with Crippen molar-refractivity contribution in [2.75, 3.05) is 20.6 Å². The quantitative estimate of drug-likeness (QED) is 0.699. The molecule has 4 heteroatoms. The first-order chi connectivity index (χ1) is 6.64. The first-order valence-corrected chi connectivity index (χ1v) is 5.39. The van der Waals surface area contributed by atoms with E-state index in [0.29, 0.717) is 5.92 Å². The Labute approximate surface area is 93.2 Å². The van der Waals surface area contributed by atoms with E-state index in [9.17, 15) is 4.79 Å². The molecule has 0 aliphatic carbocycles. The summed E-state index contributed by atoms with van der Waals surface area (Å²) in [5.41, 5.74) is 4.93. The van der Waals surface area contributed by atoms with Gasteiger partial charge in [0.25, 0.3) is 0 Å². The van der Waals surface area contributed by atoms with Crippen molar-refractivity contribution in [2.24, 2.45) is 11.7 Å². The van der Waals surface area contributed by atoms with E-state index in [2.05, 4.69) is 24.1 Å². The summed E-state index contributed by atoms with van der Waals surface area (Å²) in [7, 11) is 3.99. The van der Waals surface area contributed by atoms with Crippen LogP contribution < -0.4 is 11.1 Å². The van der Waals surface area contributed by atoms with Gasteiger partial charge in [-0.1, -0.05) is 13.8 Å². The van der Waals surface area contributed by atoms with Gasteiger partial charge < -0.3 is 16.0 Å². The fraction of sp³-hybridized carbons (Fsp3) is 0.909. The Balaban J connectivity index is 4.36. The van der Waals surface area contributed by atoms with Crippen LogP contribution in [0.25, 0.3) is 0 Å². The summed E-state index contributed by atoms with van der Waals surface area (Å²) in [5.74, 6) is 0.307. The second-order valence-corrected chi connectivity index (χ2v) is 5.31. The molecule has 0 aromatic carbocycles. The molecule has 0 rings (SSSR count). The molecule has 15 heavy (non-hydrogen) atoms. The van der Waals surface area contributed by atoms with Gasteiger partial charge in [0.1, 0.15) is 0 Å². The van der Waals surface area contributed by atoms with Crippen LogP contribution in [0.3, 0.4) is 0 Å². The predicted octanol–water partition coefficient (Wildman–Crippen LogP) is 0.426. The van der Waals surface area contributed by atoms with Crippen molar-refractivity contribution >= 4 is 5.91 Å². The summed E-state index contributed by atoms with van der Waals surface area (Å²) in [6, 6.07) is 0.148. The van der Waals surface area contributed by atoms with E-state index in [1.54, 1.807) is 13.8 Å². The maximum Gasteiger partial charge on any atom is 0.239 e. The molecule has 0 aliphatic heterocycles. The lowest BCUT2D eigenvalue weighted by Gasteiger charge is -2.28. The summed E-state index contributed by atoms with van der Waals surface area (Å²) >= 11 is 0. The number of amides is 1. The average molecular weight is 215 g/mol. The fourth-order valence-electron chi connectivity index (χ4n) is 1.17. The molecule has 90 valence electrons. The molecule has 4 nitrogen and oxygen atoms in total. The molecule has 0 saturated heterocycles. The van der Waals surface area contributed by atoms with Gasteiger partial charge in [0, 0.05) is 12.6 Å². The van der Waals surface area contributed by atoms with Crippen LogP contribution in [0.15, 0.2) is 0 Å². The van der Waals surface area contributed by atoms with Crippen molar-refractivity contribution in [3.05, 3.63) is 0 Å². The number of rotatable bonds is 5. The van der Waals surface area contributed by atoms with Gasteiger partial charge >= 0.3 is 0 Å². The Morgan fingerprint density at radius 3 is 2.13 bits per heavy atom. The van der Waals surface area contributed by atoms with E-state index in [4.69, 9.17) is 5.73 Å². The highest BCUT2D eigenvalue weighted by molar-refractivity contribution is 5.85. The average Bonchev–Trinajstić information content (AvgIpc) is 1.99. The normalized spacial score (nSPS) is 14.5. The lowest BCUT2D eigenvalue weighted by molar-refractivity contribution is -0.126. The zero-order chi connectivity index (χ0) is 12.2. The van der Waals surface area contributed by atoms with Crippen LogP contribution in [0.1, 0.15) is 27.7 Å². The van der Waals surface area contributed by atoms with Crippen LogP contribution in [-0.4, -0.2) is 43.0 Å². The van der Waals surface area contributed by atoms with Gasteiger partial charge in [0.05, 0.1) is 5.54 Å². The Hall–Kier alpha value is -0.610. The Kier molecular flexibility index (Phi) is 5.24. The van der Waals surface area contributed by atoms with Crippen molar-refractivity contribution in [2.45, 2.75) is 39.3 Å². The minimum absolute atomic E-state index is 0.0944. The monoisotopic (exact) mass is 215 g/mol. The minimum Gasteiger partial charge on any atom is -0.350 e. The molecule has 0 saturated carbocycles. The minimum atomic E-state index is -0.806. The van der Waals surface area contributed by atoms with Gasteiger partial charge in [0.2, 0.25) is 5.91 Å². The number of carbonyl (C=O) groups excluding carboxylic acids is 1. The highest BCUT2D eigenvalue weighted by Crippen LogP contribution is 2.05. The number of nitrogens with zero attached hydrogens (tertiary/aromatic N) is 1. The molecule has 0 bridgehead atoms. The fourth-order valence-corrected chi connectivity index (χ4v) is 1.17. The number of likely N-dealkylation sites (N-methyl/N-ethyl adjacent to an activating group) is 1. The Bertz CT molecular complexity index is 206. The third-order valence-corrected chi connectivity index (χ3v) is 2.27. The smallest absolute Gasteiger partial charge is 0.239 e. The molecular formula is C11H25N3O. The molecular weight excluding hydrogens is 190 g/mol. The molecule has 0 heterocycles. The number of hydrogen-bond acceptors (Lipinski definition) is 3. The second kappa shape index (κ2) is 5.47. The molecule has 3 N–H and O–H groups in total. The Morgan fingerprint density at radius 2 is 1.87 bits per heavy atom. The summed E-state index contributed by atoms with van der Waals surface area (Å²) in [6.07, 6.45) is 0. The first kappa shape index (κ1) is 14.4. The zero-order valence-electron chi connectivity index (χ0n) is 10.8. The summed E-state index contributed by atoms with van der Waals surface area (Å²) < 4.78 is 0. The van der Waals surface area contributed by atoms with Crippen molar-refractivity contribution in [3.63, 3.8) is 0 Å². The lowest BCUT2D eigenvalue weighted by atomic mass is 10.0. The van der Waals surface area contributed by atoms with Crippen LogP contribution >= 0.6 is 0 Å². The molecule has 1 amide bonds. The van der Waals surface area contributed by atoms with E-state index in [1.165, 1.54) is 0 Å². The summed E-state index contributed by atoms with van der Waals surface area (Å²) in [5, 5.41) is 2.98. The first-order valence-electron chi connectivity index (χ1n) is 5.39. The van der Waals surface area contributed by atoms with E-state index in [-0.39, 0.29) is 11.9 Å². The van der Waals surface area contributed by atoms with Gasteiger partial charge in [-0.3, -0.25) is 4.79 Å². The largest absolute Gasteiger partial charge is 0.350 e. The van der Waals surface area contributed by atoms with Crippen LogP contribution in [-0.2, 0) is 4.79 Å². The third-order valence-electron chi connectivity index (χ3n) is 2.27. The SMILES string of the molecule is CC(C)C(CN(C)C)NC(=O)C(C)(C)N. The number of nitrogens with two attached hydrogens (primary N) is 1. The van der Waals surface area contributed by atoms with Crippen molar-refractivity contribution < 1.29 is 4.79 Å². The zero-order valence-corrected chi connectivity index (χ0v) is 10.8. The third kappa shape index (κ3) is 5.74. The molecule has 0 radical (unpaired) electrons. The molecule has 0 fully saturated rings. The molecule has 0 spiro atoms. The van der Waals surface area contributed by atoms with Gasteiger partial charge in [0.15, 0.2) is 0 Å². The van der Waals surface area contributed by atoms with Crippen LogP contribution in [0.4, 0.5) is 0 Å². The van der Waals surface area contributed by atoms with Gasteiger partial charge in [-0.15, -0.1) is 0 Å². The number of carbonyl (C=O) groups is 1. The molecule has 0 aliphatic rings. The van der Waals surface area contributed by atoms with Crippen molar-refractivity contribution in [3.8, 4) is 0 Å². The molecule has 1 unspecified atom stereocenters. The van der Waals surface area contributed by atoms with Gasteiger partial charge in [-0.05, 0) is 33.9 Å². The summed E-state index contributed by atoms with van der Waals surface area (Å²) in [4.78, 5) is 13.8.